The van der Waals surface area contributed by atoms with Crippen molar-refractivity contribution in [2.75, 3.05) is 26.2 Å². The van der Waals surface area contributed by atoms with Crippen molar-refractivity contribution in [2.45, 2.75) is 31.5 Å². The molecule has 7 nitrogen and oxygen atoms in total. The van der Waals surface area contributed by atoms with E-state index in [2.05, 4.69) is 28.9 Å². The van der Waals surface area contributed by atoms with Crippen LogP contribution in [0, 0.1) is 0 Å². The van der Waals surface area contributed by atoms with Gasteiger partial charge in [-0.15, -0.1) is 0 Å². The van der Waals surface area contributed by atoms with Gasteiger partial charge >= 0.3 is 0 Å². The van der Waals surface area contributed by atoms with Gasteiger partial charge in [0, 0.05) is 37.8 Å². The van der Waals surface area contributed by atoms with Crippen LogP contribution in [0.4, 0.5) is 0 Å². The molecular formula is C11H20N4O3S. The summed E-state index contributed by atoms with van der Waals surface area (Å²) in [5, 5.41) is 15.3. The Labute approximate surface area is 113 Å². The van der Waals surface area contributed by atoms with E-state index in [1.165, 1.54) is 10.5 Å². The minimum atomic E-state index is -3.58. The quantitative estimate of drug-likeness (QED) is 0.788. The maximum atomic E-state index is 12.4. The molecule has 108 valence electrons. The summed E-state index contributed by atoms with van der Waals surface area (Å²) in [5.41, 5.74) is 0.311. The Balaban J connectivity index is 2.14. The van der Waals surface area contributed by atoms with Gasteiger partial charge < -0.3 is 5.11 Å². The van der Waals surface area contributed by atoms with Crippen molar-refractivity contribution in [2.24, 2.45) is 0 Å². The molecule has 0 aliphatic carbocycles. The molecule has 1 aliphatic heterocycles. The fraction of sp³-hybridized carbons (Fsp3) is 0.727. The van der Waals surface area contributed by atoms with E-state index in [1.807, 2.05) is 0 Å². The van der Waals surface area contributed by atoms with Gasteiger partial charge in [0.25, 0.3) is 10.0 Å². The zero-order valence-corrected chi connectivity index (χ0v) is 12.0. The van der Waals surface area contributed by atoms with E-state index in [0.717, 1.165) is 13.1 Å². The van der Waals surface area contributed by atoms with Crippen molar-refractivity contribution in [3.8, 4) is 0 Å². The molecule has 0 amide bonds. The zero-order chi connectivity index (χ0) is 14.0. The third-order valence-electron chi connectivity index (χ3n) is 3.45. The number of hydrogen-bond donors (Lipinski definition) is 2. The van der Waals surface area contributed by atoms with Crippen LogP contribution >= 0.6 is 0 Å². The molecule has 8 heteroatoms. The van der Waals surface area contributed by atoms with E-state index in [0.29, 0.717) is 24.7 Å². The first kappa shape index (κ1) is 14.4. The molecule has 0 unspecified atom stereocenters. The molecule has 1 aromatic heterocycles. The molecular weight excluding hydrogens is 268 g/mol. The van der Waals surface area contributed by atoms with Gasteiger partial charge in [-0.05, 0) is 13.8 Å². The summed E-state index contributed by atoms with van der Waals surface area (Å²) in [6, 6.07) is 0.421. The fourth-order valence-corrected chi connectivity index (χ4v) is 3.74. The van der Waals surface area contributed by atoms with Gasteiger partial charge in [0.15, 0.2) is 5.03 Å². The molecule has 2 N–H and O–H groups in total. The zero-order valence-electron chi connectivity index (χ0n) is 11.2. The number of hydrogen-bond acceptors (Lipinski definition) is 5. The van der Waals surface area contributed by atoms with Crippen molar-refractivity contribution < 1.29 is 13.5 Å². The first-order valence-corrected chi connectivity index (χ1v) is 7.78. The highest BCUT2D eigenvalue weighted by Gasteiger charge is 2.31. The van der Waals surface area contributed by atoms with Crippen LogP contribution in [-0.2, 0) is 16.6 Å². The minimum Gasteiger partial charge on any atom is -0.392 e. The molecule has 1 aliphatic rings. The van der Waals surface area contributed by atoms with Gasteiger partial charge in [-0.1, -0.05) is 0 Å². The molecule has 0 saturated carbocycles. The second-order valence-corrected chi connectivity index (χ2v) is 6.79. The van der Waals surface area contributed by atoms with Gasteiger partial charge in [-0.2, -0.15) is 9.40 Å². The largest absolute Gasteiger partial charge is 0.392 e. The minimum absolute atomic E-state index is 0.00740. The van der Waals surface area contributed by atoms with Gasteiger partial charge in [-0.3, -0.25) is 10.00 Å². The molecule has 0 bridgehead atoms. The molecule has 19 heavy (non-hydrogen) atoms. The monoisotopic (exact) mass is 288 g/mol. The summed E-state index contributed by atoms with van der Waals surface area (Å²) in [7, 11) is -3.58. The van der Waals surface area contributed by atoms with Gasteiger partial charge in [0.05, 0.1) is 12.8 Å². The smallest absolute Gasteiger partial charge is 0.260 e. The molecule has 0 atom stereocenters. The lowest BCUT2D eigenvalue weighted by atomic mass is 10.3. The van der Waals surface area contributed by atoms with Crippen LogP contribution in [0.15, 0.2) is 11.2 Å². The number of aromatic nitrogens is 2. The lowest BCUT2D eigenvalue weighted by Gasteiger charge is -2.35. The van der Waals surface area contributed by atoms with Crippen molar-refractivity contribution in [3.05, 3.63) is 11.8 Å². The first-order valence-electron chi connectivity index (χ1n) is 6.34. The summed E-state index contributed by atoms with van der Waals surface area (Å²) in [6.45, 7) is 6.23. The number of piperazine rings is 1. The highest BCUT2D eigenvalue weighted by molar-refractivity contribution is 7.89. The normalized spacial score (nSPS) is 19.2. The average molecular weight is 288 g/mol. The predicted molar refractivity (Wildman–Crippen MR) is 70.0 cm³/mol. The summed E-state index contributed by atoms with van der Waals surface area (Å²) >= 11 is 0. The van der Waals surface area contributed by atoms with Crippen LogP contribution in [0.1, 0.15) is 19.4 Å². The van der Waals surface area contributed by atoms with E-state index in [9.17, 15) is 8.42 Å². The number of H-pyrrole nitrogens is 1. The molecule has 0 radical (unpaired) electrons. The van der Waals surface area contributed by atoms with Gasteiger partial charge in [-0.25, -0.2) is 8.42 Å². The second kappa shape index (κ2) is 5.58. The third-order valence-corrected chi connectivity index (χ3v) is 5.36. The topological polar surface area (TPSA) is 89.5 Å². The van der Waals surface area contributed by atoms with Crippen LogP contribution < -0.4 is 0 Å². The maximum Gasteiger partial charge on any atom is 0.260 e. The molecule has 0 aromatic carbocycles. The summed E-state index contributed by atoms with van der Waals surface area (Å²) in [6.07, 6.45) is 1.34. The van der Waals surface area contributed by atoms with Crippen molar-refractivity contribution in [1.82, 2.24) is 19.4 Å². The summed E-state index contributed by atoms with van der Waals surface area (Å²) in [4.78, 5) is 2.24. The van der Waals surface area contributed by atoms with E-state index in [1.54, 1.807) is 0 Å². The van der Waals surface area contributed by atoms with Crippen molar-refractivity contribution in [1.29, 1.82) is 0 Å². The average Bonchev–Trinajstić information content (AvgIpc) is 2.87. The first-order chi connectivity index (χ1) is 8.96. The van der Waals surface area contributed by atoms with Crippen LogP contribution in [0.2, 0.25) is 0 Å². The second-order valence-electron chi connectivity index (χ2n) is 4.92. The molecule has 0 spiro atoms. The maximum absolute atomic E-state index is 12.4. The lowest BCUT2D eigenvalue weighted by Crippen LogP contribution is -2.50. The standard InChI is InChI=1S/C11H20N4O3S/c1-9(2)14-3-5-15(6-4-14)19(17,18)11-10(8-16)7-12-13-11/h7,9,16H,3-6,8H2,1-2H3,(H,12,13). The third kappa shape index (κ3) is 2.81. The van der Waals surface area contributed by atoms with Crippen LogP contribution in [0.3, 0.4) is 0 Å². The molecule has 1 saturated heterocycles. The van der Waals surface area contributed by atoms with E-state index in [-0.39, 0.29) is 11.6 Å². The Hall–Kier alpha value is -0.960. The Bertz CT molecular complexity index is 518. The number of sulfonamides is 1. The van der Waals surface area contributed by atoms with Crippen LogP contribution in [0.5, 0.6) is 0 Å². The van der Waals surface area contributed by atoms with Crippen LogP contribution in [0.25, 0.3) is 0 Å². The fourth-order valence-electron chi connectivity index (χ4n) is 2.22. The predicted octanol–water partition coefficient (Wildman–Crippen LogP) is -0.383. The van der Waals surface area contributed by atoms with E-state index in [4.69, 9.17) is 5.11 Å². The number of aromatic amines is 1. The highest BCUT2D eigenvalue weighted by Crippen LogP contribution is 2.19. The number of aliphatic hydroxyl groups is 1. The van der Waals surface area contributed by atoms with E-state index >= 15 is 0 Å². The Morgan fingerprint density at radius 3 is 2.53 bits per heavy atom. The van der Waals surface area contributed by atoms with E-state index < -0.39 is 10.0 Å². The molecule has 1 fully saturated rings. The highest BCUT2D eigenvalue weighted by atomic mass is 32.2. The van der Waals surface area contributed by atoms with Crippen molar-refractivity contribution in [3.63, 3.8) is 0 Å². The SMILES string of the molecule is CC(C)N1CCN(S(=O)(=O)c2[nH]ncc2CO)CC1. The van der Waals surface area contributed by atoms with Crippen molar-refractivity contribution >= 4 is 10.0 Å². The van der Waals surface area contributed by atoms with Crippen LogP contribution in [-0.4, -0.2) is 65.1 Å². The molecule has 1 aromatic rings. The Kier molecular flexibility index (Phi) is 4.24. The molecule has 2 rings (SSSR count). The van der Waals surface area contributed by atoms with Gasteiger partial charge in [0.1, 0.15) is 0 Å². The number of aliphatic hydroxyl groups excluding tert-OH is 1. The Morgan fingerprint density at radius 1 is 1.37 bits per heavy atom. The Morgan fingerprint density at radius 2 is 2.00 bits per heavy atom. The number of rotatable bonds is 4. The lowest BCUT2D eigenvalue weighted by molar-refractivity contribution is 0.154. The molecule has 2 heterocycles. The van der Waals surface area contributed by atoms with Gasteiger partial charge in [0.2, 0.25) is 0 Å². The number of nitrogens with zero attached hydrogens (tertiary/aromatic N) is 3. The number of nitrogens with one attached hydrogen (secondary N) is 1. The summed E-state index contributed by atoms with van der Waals surface area (Å²) in [5.74, 6) is 0. The summed E-state index contributed by atoms with van der Waals surface area (Å²) < 4.78 is 26.3.